The minimum atomic E-state index is -0.614. The Balaban J connectivity index is 0.00000280. The third kappa shape index (κ3) is 3.96. The Morgan fingerprint density at radius 3 is 2.11 bits per heavy atom. The summed E-state index contributed by atoms with van der Waals surface area (Å²) < 4.78 is 3.99. The number of rotatable bonds is 4. The van der Waals surface area contributed by atoms with Crippen LogP contribution in [0.15, 0.2) is 58.4 Å². The molecule has 0 fully saturated rings. The Morgan fingerprint density at radius 1 is 0.964 bits per heavy atom. The summed E-state index contributed by atoms with van der Waals surface area (Å²) in [4.78, 5) is 38.3. The zero-order valence-electron chi connectivity index (χ0n) is 15.8. The summed E-state index contributed by atoms with van der Waals surface area (Å²) in [7, 11) is 2.91. The van der Waals surface area contributed by atoms with Crippen LogP contribution in [0.1, 0.15) is 27.2 Å². The van der Waals surface area contributed by atoms with Crippen LogP contribution in [0.2, 0.25) is 0 Å². The predicted molar refractivity (Wildman–Crippen MR) is 111 cm³/mol. The molecule has 0 aliphatic carbocycles. The van der Waals surface area contributed by atoms with Crippen LogP contribution in [0.5, 0.6) is 0 Å². The summed E-state index contributed by atoms with van der Waals surface area (Å²) >= 11 is 0. The standard InChI is InChI=1S/C20H20N4O3.BrH/c1-13-4-6-14(7-5-13)18(25)17-16(12-24-10-8-15(21)9-11-24)22(2)20(27)23(3)19(17)26;/h4-11,21H,12H2,1-3H3;1H. The number of nitrogens with zero attached hydrogens (tertiary/aromatic N) is 3. The fraction of sp³-hybridized carbons (Fsp3) is 0.200. The number of ketones is 1. The average molecular weight is 445 g/mol. The molecule has 2 heterocycles. The highest BCUT2D eigenvalue weighted by Gasteiger charge is 2.23. The quantitative estimate of drug-likeness (QED) is 0.618. The summed E-state index contributed by atoms with van der Waals surface area (Å²) in [5, 5.41) is 7.92. The smallest absolute Gasteiger partial charge is 0.330 e. The van der Waals surface area contributed by atoms with E-state index < -0.39 is 17.0 Å². The van der Waals surface area contributed by atoms with Gasteiger partial charge in [0.25, 0.3) is 5.56 Å². The number of hydrogen-bond donors (Lipinski definition) is 1. The van der Waals surface area contributed by atoms with E-state index in [1.165, 1.54) is 11.6 Å². The maximum atomic E-state index is 13.1. The summed E-state index contributed by atoms with van der Waals surface area (Å²) in [5.41, 5.74) is 0.599. The molecule has 0 radical (unpaired) electrons. The summed E-state index contributed by atoms with van der Waals surface area (Å²) in [6, 6.07) is 10.2. The molecule has 0 saturated carbocycles. The largest absolute Gasteiger partial charge is 0.348 e. The van der Waals surface area contributed by atoms with Gasteiger partial charge in [0, 0.05) is 32.1 Å². The molecule has 0 aliphatic heterocycles. The van der Waals surface area contributed by atoms with Crippen LogP contribution in [0.3, 0.4) is 0 Å². The van der Waals surface area contributed by atoms with Crippen LogP contribution >= 0.6 is 17.0 Å². The van der Waals surface area contributed by atoms with Gasteiger partial charge in [0.2, 0.25) is 0 Å². The second-order valence-electron chi connectivity index (χ2n) is 6.48. The minimum Gasteiger partial charge on any atom is -0.348 e. The van der Waals surface area contributed by atoms with Crippen LogP contribution in [-0.2, 0) is 20.6 Å². The lowest BCUT2D eigenvalue weighted by molar-refractivity contribution is 0.103. The molecule has 7 nitrogen and oxygen atoms in total. The second kappa shape index (κ2) is 8.35. The molecule has 8 heteroatoms. The Kier molecular flexibility index (Phi) is 6.35. The molecule has 2 aromatic heterocycles. The van der Waals surface area contributed by atoms with E-state index in [0.29, 0.717) is 16.6 Å². The van der Waals surface area contributed by atoms with Crippen molar-refractivity contribution in [3.8, 4) is 0 Å². The first-order chi connectivity index (χ1) is 12.8. The van der Waals surface area contributed by atoms with Gasteiger partial charge in [0.1, 0.15) is 5.56 Å². The SMILES string of the molecule is Br.Cc1ccc(C(=O)c2c(Cn3ccc(=N)cc3)n(C)c(=O)n(C)c2=O)cc1. The first-order valence-corrected chi connectivity index (χ1v) is 8.40. The van der Waals surface area contributed by atoms with Crippen LogP contribution in [0, 0.1) is 12.3 Å². The lowest BCUT2D eigenvalue weighted by Gasteiger charge is -2.16. The van der Waals surface area contributed by atoms with Gasteiger partial charge in [-0.1, -0.05) is 29.8 Å². The van der Waals surface area contributed by atoms with Crippen LogP contribution in [0.4, 0.5) is 0 Å². The molecular weight excluding hydrogens is 424 g/mol. The van der Waals surface area contributed by atoms with Crippen molar-refractivity contribution >= 4 is 22.8 Å². The first-order valence-electron chi connectivity index (χ1n) is 8.40. The van der Waals surface area contributed by atoms with Gasteiger partial charge in [0.15, 0.2) is 5.78 Å². The normalized spacial score (nSPS) is 10.4. The molecule has 0 spiro atoms. The highest BCUT2D eigenvalue weighted by atomic mass is 79.9. The van der Waals surface area contributed by atoms with Crippen molar-refractivity contribution in [1.29, 1.82) is 5.41 Å². The fourth-order valence-electron chi connectivity index (χ4n) is 2.88. The number of benzene rings is 1. The Morgan fingerprint density at radius 2 is 1.54 bits per heavy atom. The number of nitrogens with one attached hydrogen (secondary N) is 1. The molecule has 0 atom stereocenters. The summed E-state index contributed by atoms with van der Waals surface area (Å²) in [6.45, 7) is 2.08. The van der Waals surface area contributed by atoms with Gasteiger partial charge in [-0.15, -0.1) is 17.0 Å². The number of halogens is 1. The van der Waals surface area contributed by atoms with Crippen LogP contribution in [-0.4, -0.2) is 19.5 Å². The van der Waals surface area contributed by atoms with Crippen LogP contribution in [0.25, 0.3) is 0 Å². The van der Waals surface area contributed by atoms with Gasteiger partial charge in [-0.05, 0) is 19.1 Å². The first kappa shape index (κ1) is 21.3. The molecular formula is C20H21BrN4O3. The van der Waals surface area contributed by atoms with E-state index in [0.717, 1.165) is 10.1 Å². The van der Waals surface area contributed by atoms with Gasteiger partial charge in [-0.3, -0.25) is 18.7 Å². The average Bonchev–Trinajstić information content (AvgIpc) is 2.66. The number of aryl methyl sites for hydroxylation is 1. The molecule has 0 amide bonds. The zero-order valence-corrected chi connectivity index (χ0v) is 17.5. The van der Waals surface area contributed by atoms with Crippen LogP contribution < -0.4 is 16.6 Å². The third-order valence-electron chi connectivity index (χ3n) is 4.55. The molecule has 0 aliphatic rings. The Hall–Kier alpha value is -3.00. The molecule has 0 bridgehead atoms. The van der Waals surface area contributed by atoms with E-state index in [2.05, 4.69) is 0 Å². The van der Waals surface area contributed by atoms with E-state index in [9.17, 15) is 14.4 Å². The van der Waals surface area contributed by atoms with E-state index in [-0.39, 0.29) is 29.1 Å². The maximum absolute atomic E-state index is 13.1. The molecule has 3 rings (SSSR count). The number of carbonyl (C=O) groups is 1. The van der Waals surface area contributed by atoms with Crippen molar-refractivity contribution in [1.82, 2.24) is 13.7 Å². The number of hydrogen-bond acceptors (Lipinski definition) is 4. The van der Waals surface area contributed by atoms with Gasteiger partial charge in [-0.25, -0.2) is 4.79 Å². The van der Waals surface area contributed by atoms with Gasteiger partial charge in [-0.2, -0.15) is 0 Å². The van der Waals surface area contributed by atoms with Crippen molar-refractivity contribution in [2.24, 2.45) is 14.1 Å². The van der Waals surface area contributed by atoms with Crippen molar-refractivity contribution in [2.45, 2.75) is 13.5 Å². The van der Waals surface area contributed by atoms with E-state index in [4.69, 9.17) is 5.41 Å². The maximum Gasteiger partial charge on any atom is 0.330 e. The van der Waals surface area contributed by atoms with Gasteiger partial charge < -0.3 is 9.98 Å². The third-order valence-corrected chi connectivity index (χ3v) is 4.55. The predicted octanol–water partition coefficient (Wildman–Crippen LogP) is 1.53. The Bertz CT molecular complexity index is 1180. The number of aromatic nitrogens is 3. The number of carbonyl (C=O) groups excluding carboxylic acids is 1. The van der Waals surface area contributed by atoms with E-state index in [1.54, 1.807) is 60.4 Å². The highest BCUT2D eigenvalue weighted by molar-refractivity contribution is 8.93. The van der Waals surface area contributed by atoms with Crippen molar-refractivity contribution in [3.63, 3.8) is 0 Å². The van der Waals surface area contributed by atoms with Crippen molar-refractivity contribution in [2.75, 3.05) is 0 Å². The van der Waals surface area contributed by atoms with Gasteiger partial charge >= 0.3 is 5.69 Å². The zero-order chi connectivity index (χ0) is 19.7. The molecule has 28 heavy (non-hydrogen) atoms. The summed E-state index contributed by atoms with van der Waals surface area (Å²) in [6.07, 6.45) is 3.34. The van der Waals surface area contributed by atoms with Gasteiger partial charge in [0.05, 0.1) is 17.6 Å². The highest BCUT2D eigenvalue weighted by Crippen LogP contribution is 2.12. The molecule has 0 unspecified atom stereocenters. The Labute approximate surface area is 171 Å². The molecule has 146 valence electrons. The monoisotopic (exact) mass is 444 g/mol. The second-order valence-corrected chi connectivity index (χ2v) is 6.48. The van der Waals surface area contributed by atoms with E-state index in [1.807, 2.05) is 6.92 Å². The lowest BCUT2D eigenvalue weighted by atomic mass is 10.0. The van der Waals surface area contributed by atoms with Crippen molar-refractivity contribution < 1.29 is 4.79 Å². The number of pyridine rings is 1. The summed E-state index contributed by atoms with van der Waals surface area (Å²) in [5.74, 6) is -0.418. The van der Waals surface area contributed by atoms with Crippen molar-refractivity contribution in [3.05, 3.63) is 97.4 Å². The topological polar surface area (TPSA) is 89.8 Å². The van der Waals surface area contributed by atoms with E-state index >= 15 is 0 Å². The lowest BCUT2D eigenvalue weighted by Crippen LogP contribution is -2.43. The molecule has 3 aromatic rings. The minimum absolute atomic E-state index is 0. The molecule has 1 N–H and O–H groups in total. The fourth-order valence-corrected chi connectivity index (χ4v) is 2.88. The molecule has 0 saturated heterocycles. The molecule has 1 aromatic carbocycles.